The number of nitrogens with zero attached hydrogens (tertiary/aromatic N) is 3. The van der Waals surface area contributed by atoms with Crippen LogP contribution < -0.4 is 21.9 Å². The van der Waals surface area contributed by atoms with Crippen molar-refractivity contribution in [2.24, 2.45) is 13.0 Å². The summed E-state index contributed by atoms with van der Waals surface area (Å²) >= 11 is 0. The van der Waals surface area contributed by atoms with Crippen LogP contribution in [0.2, 0.25) is 0 Å². The van der Waals surface area contributed by atoms with Gasteiger partial charge in [-0.1, -0.05) is 13.8 Å². The molecule has 7 heteroatoms. The summed E-state index contributed by atoms with van der Waals surface area (Å²) < 4.78 is 2.50. The first kappa shape index (κ1) is 14.6. The second-order valence-electron chi connectivity index (χ2n) is 6.24. The summed E-state index contributed by atoms with van der Waals surface area (Å²) in [6.07, 6.45) is 0. The van der Waals surface area contributed by atoms with Crippen molar-refractivity contribution in [2.45, 2.75) is 32.9 Å². The quantitative estimate of drug-likeness (QED) is 0.769. The van der Waals surface area contributed by atoms with Crippen molar-refractivity contribution in [3.63, 3.8) is 0 Å². The van der Waals surface area contributed by atoms with Crippen LogP contribution in [0.25, 0.3) is 0 Å². The molecule has 2 rings (SSSR count). The number of β-amino-alcohol motifs (C(OH)–C–C–N with tert-alkyl or cyclic N) is 1. The highest BCUT2D eigenvalue weighted by molar-refractivity contribution is 5.64. The molecule has 0 spiro atoms. The third-order valence-electron chi connectivity index (χ3n) is 3.49. The maximum Gasteiger partial charge on any atom is 0.332 e. The largest absolute Gasteiger partial charge is 0.386 e. The molecule has 112 valence electrons. The zero-order valence-corrected chi connectivity index (χ0v) is 12.4. The van der Waals surface area contributed by atoms with E-state index in [1.54, 1.807) is 11.8 Å². The van der Waals surface area contributed by atoms with Crippen LogP contribution in [0.5, 0.6) is 0 Å². The predicted octanol–water partition coefficient (Wildman–Crippen LogP) is -0.644. The predicted molar refractivity (Wildman–Crippen MR) is 78.0 cm³/mol. The SMILES string of the molecule is CC(C)Cn1c(N)c(N2CC(C)(O)C2)c(=O)n(C)c1=O. The molecule has 2 heterocycles. The number of hydrogen-bond donors (Lipinski definition) is 2. The highest BCUT2D eigenvalue weighted by Crippen LogP contribution is 2.28. The Morgan fingerprint density at radius 1 is 1.35 bits per heavy atom. The molecule has 0 aromatic carbocycles. The van der Waals surface area contributed by atoms with E-state index in [-0.39, 0.29) is 11.7 Å². The van der Waals surface area contributed by atoms with Crippen molar-refractivity contribution in [3.8, 4) is 0 Å². The third-order valence-corrected chi connectivity index (χ3v) is 3.49. The van der Waals surface area contributed by atoms with Gasteiger partial charge in [-0.2, -0.15) is 0 Å². The lowest BCUT2D eigenvalue weighted by molar-refractivity contribution is 0.0308. The van der Waals surface area contributed by atoms with Gasteiger partial charge in [0.25, 0.3) is 5.56 Å². The Hall–Kier alpha value is -1.76. The minimum atomic E-state index is -0.809. The van der Waals surface area contributed by atoms with Crippen LogP contribution in [0.3, 0.4) is 0 Å². The highest BCUT2D eigenvalue weighted by Gasteiger charge is 2.39. The average molecular weight is 282 g/mol. The number of aliphatic hydroxyl groups is 1. The number of nitrogens with two attached hydrogens (primary N) is 1. The smallest absolute Gasteiger partial charge is 0.332 e. The van der Waals surface area contributed by atoms with E-state index in [9.17, 15) is 14.7 Å². The zero-order valence-electron chi connectivity index (χ0n) is 12.4. The molecule has 0 saturated carbocycles. The van der Waals surface area contributed by atoms with Crippen LogP contribution >= 0.6 is 0 Å². The minimum Gasteiger partial charge on any atom is -0.386 e. The van der Waals surface area contributed by atoms with Gasteiger partial charge in [0.1, 0.15) is 11.5 Å². The van der Waals surface area contributed by atoms with Crippen molar-refractivity contribution >= 4 is 11.5 Å². The number of rotatable bonds is 3. The first-order valence-electron chi connectivity index (χ1n) is 6.70. The molecular formula is C13H22N4O3. The molecular weight excluding hydrogens is 260 g/mol. The van der Waals surface area contributed by atoms with Gasteiger partial charge in [-0.15, -0.1) is 0 Å². The monoisotopic (exact) mass is 282 g/mol. The molecule has 1 aliphatic rings. The first-order valence-corrected chi connectivity index (χ1v) is 6.70. The second kappa shape index (κ2) is 4.66. The van der Waals surface area contributed by atoms with Gasteiger partial charge in [0, 0.05) is 26.7 Å². The molecule has 0 radical (unpaired) electrons. The summed E-state index contributed by atoms with van der Waals surface area (Å²) in [4.78, 5) is 26.1. The molecule has 3 N–H and O–H groups in total. The van der Waals surface area contributed by atoms with Crippen molar-refractivity contribution in [1.29, 1.82) is 0 Å². The van der Waals surface area contributed by atoms with E-state index in [1.807, 2.05) is 13.8 Å². The van der Waals surface area contributed by atoms with Gasteiger partial charge in [0.15, 0.2) is 0 Å². The first-order chi connectivity index (χ1) is 9.14. The fourth-order valence-electron chi connectivity index (χ4n) is 2.54. The Morgan fingerprint density at radius 3 is 2.35 bits per heavy atom. The van der Waals surface area contributed by atoms with Gasteiger partial charge in [0.2, 0.25) is 0 Å². The Morgan fingerprint density at radius 2 is 1.90 bits per heavy atom. The highest BCUT2D eigenvalue weighted by atomic mass is 16.3. The van der Waals surface area contributed by atoms with Crippen molar-refractivity contribution < 1.29 is 5.11 Å². The van der Waals surface area contributed by atoms with E-state index in [0.717, 1.165) is 4.57 Å². The number of aromatic nitrogens is 2. The van der Waals surface area contributed by atoms with Crippen LogP contribution in [0.4, 0.5) is 11.5 Å². The summed E-state index contributed by atoms with van der Waals surface area (Å²) in [7, 11) is 1.45. The Kier molecular flexibility index (Phi) is 3.41. The average Bonchev–Trinajstić information content (AvgIpc) is 2.30. The molecule has 1 aromatic rings. The number of anilines is 2. The van der Waals surface area contributed by atoms with Crippen LogP contribution in [-0.2, 0) is 13.6 Å². The fourth-order valence-corrected chi connectivity index (χ4v) is 2.54. The van der Waals surface area contributed by atoms with Gasteiger partial charge in [-0.3, -0.25) is 13.9 Å². The molecule has 1 aromatic heterocycles. The topological polar surface area (TPSA) is 93.5 Å². The van der Waals surface area contributed by atoms with E-state index in [1.165, 1.54) is 11.6 Å². The minimum absolute atomic E-state index is 0.183. The van der Waals surface area contributed by atoms with E-state index >= 15 is 0 Å². The Balaban J connectivity index is 2.55. The van der Waals surface area contributed by atoms with E-state index in [2.05, 4.69) is 0 Å². The summed E-state index contributed by atoms with van der Waals surface area (Å²) in [5, 5.41) is 9.81. The fraction of sp³-hybridized carbons (Fsp3) is 0.692. The lowest BCUT2D eigenvalue weighted by Gasteiger charge is -2.45. The van der Waals surface area contributed by atoms with Gasteiger partial charge in [0.05, 0.1) is 5.60 Å². The lowest BCUT2D eigenvalue weighted by atomic mass is 9.96. The van der Waals surface area contributed by atoms with Gasteiger partial charge in [-0.05, 0) is 12.8 Å². The number of hydrogen-bond acceptors (Lipinski definition) is 5. The summed E-state index contributed by atoms with van der Waals surface area (Å²) in [6.45, 7) is 6.79. The second-order valence-corrected chi connectivity index (χ2v) is 6.24. The van der Waals surface area contributed by atoms with Gasteiger partial charge >= 0.3 is 5.69 Å². The van der Waals surface area contributed by atoms with Crippen LogP contribution in [0.1, 0.15) is 20.8 Å². The normalized spacial score (nSPS) is 17.4. The Bertz CT molecular complexity index is 634. The van der Waals surface area contributed by atoms with Crippen molar-refractivity contribution in [1.82, 2.24) is 9.13 Å². The van der Waals surface area contributed by atoms with Gasteiger partial charge < -0.3 is 15.7 Å². The number of nitrogen functional groups attached to an aromatic ring is 1. The molecule has 20 heavy (non-hydrogen) atoms. The van der Waals surface area contributed by atoms with E-state index in [4.69, 9.17) is 5.73 Å². The molecule has 0 bridgehead atoms. The molecule has 0 atom stereocenters. The molecule has 1 aliphatic heterocycles. The molecule has 1 fully saturated rings. The molecule has 0 unspecified atom stereocenters. The Labute approximate surface area is 117 Å². The summed E-state index contributed by atoms with van der Waals surface area (Å²) in [5.41, 5.74) is 4.70. The van der Waals surface area contributed by atoms with Crippen molar-refractivity contribution in [3.05, 3.63) is 20.8 Å². The van der Waals surface area contributed by atoms with Gasteiger partial charge in [-0.25, -0.2) is 4.79 Å². The molecule has 1 saturated heterocycles. The van der Waals surface area contributed by atoms with Crippen molar-refractivity contribution in [2.75, 3.05) is 23.7 Å². The van der Waals surface area contributed by atoms with Crippen LogP contribution in [0.15, 0.2) is 9.59 Å². The lowest BCUT2D eigenvalue weighted by Crippen LogP contribution is -2.62. The zero-order chi connectivity index (χ0) is 15.2. The van der Waals surface area contributed by atoms with Crippen LogP contribution in [0, 0.1) is 5.92 Å². The van der Waals surface area contributed by atoms with Crippen LogP contribution in [-0.4, -0.2) is 32.9 Å². The molecule has 7 nitrogen and oxygen atoms in total. The van der Waals surface area contributed by atoms with E-state index < -0.39 is 16.9 Å². The summed E-state index contributed by atoms with van der Waals surface area (Å²) in [6, 6.07) is 0. The standard InChI is InChI=1S/C13H22N4O3/c1-8(2)5-17-10(14)9(11(18)15(4)12(17)19)16-6-13(3,20)7-16/h8,20H,5-7,14H2,1-4H3. The molecule has 0 aliphatic carbocycles. The maximum absolute atomic E-state index is 12.2. The van der Waals surface area contributed by atoms with E-state index in [0.29, 0.717) is 25.3 Å². The summed E-state index contributed by atoms with van der Waals surface area (Å²) in [5.74, 6) is 0.419. The third kappa shape index (κ3) is 2.33. The maximum atomic E-state index is 12.2. The molecule has 0 amide bonds.